The Kier molecular flexibility index (Phi) is 4.29. The van der Waals surface area contributed by atoms with Crippen LogP contribution >= 0.6 is 0 Å². The van der Waals surface area contributed by atoms with Gasteiger partial charge in [0.05, 0.1) is 0 Å². The van der Waals surface area contributed by atoms with Crippen LogP contribution in [-0.2, 0) is 22.3 Å². The Morgan fingerprint density at radius 2 is 1.80 bits per heavy atom. The lowest BCUT2D eigenvalue weighted by Crippen LogP contribution is -2.04. The first-order chi connectivity index (χ1) is 7.03. The average molecular weight is 228 g/mol. The predicted octanol–water partition coefficient (Wildman–Crippen LogP) is 2.42. The minimum absolute atomic E-state index is 0.285. The lowest BCUT2D eigenvalue weighted by atomic mass is 10.0. The van der Waals surface area contributed by atoms with Gasteiger partial charge in [0, 0.05) is 0 Å². The highest BCUT2D eigenvalue weighted by atomic mass is 32.2. The Balaban J connectivity index is 2.86. The molecular formula is C11H16O3S. The van der Waals surface area contributed by atoms with E-state index in [1.807, 2.05) is 12.1 Å². The van der Waals surface area contributed by atoms with Crippen LogP contribution in [0.5, 0.6) is 0 Å². The molecule has 0 radical (unpaired) electrons. The molecule has 15 heavy (non-hydrogen) atoms. The van der Waals surface area contributed by atoms with Crippen molar-refractivity contribution in [2.24, 2.45) is 0 Å². The lowest BCUT2D eigenvalue weighted by molar-refractivity contribution is 0.482. The van der Waals surface area contributed by atoms with Crippen molar-refractivity contribution in [1.29, 1.82) is 0 Å². The van der Waals surface area contributed by atoms with Gasteiger partial charge in [-0.05, 0) is 24.0 Å². The van der Waals surface area contributed by atoms with Crippen molar-refractivity contribution in [2.75, 3.05) is 0 Å². The number of hydrogen-bond donors (Lipinski definition) is 1. The molecule has 0 unspecified atom stereocenters. The minimum Gasteiger partial charge on any atom is -0.285 e. The maximum atomic E-state index is 10.8. The largest absolute Gasteiger partial charge is 0.285 e. The summed E-state index contributed by atoms with van der Waals surface area (Å²) in [6.45, 7) is 2.09. The van der Waals surface area contributed by atoms with Crippen LogP contribution < -0.4 is 0 Å². The monoisotopic (exact) mass is 228 g/mol. The van der Waals surface area contributed by atoms with Gasteiger partial charge >= 0.3 is 0 Å². The van der Waals surface area contributed by atoms with Crippen molar-refractivity contribution in [3.8, 4) is 0 Å². The van der Waals surface area contributed by atoms with E-state index in [1.165, 1.54) is 0 Å². The smallest absolute Gasteiger partial charge is 0.269 e. The fourth-order valence-electron chi connectivity index (χ4n) is 1.51. The summed E-state index contributed by atoms with van der Waals surface area (Å²) < 4.78 is 30.4. The normalized spacial score (nSPS) is 11.6. The molecule has 1 rings (SSSR count). The van der Waals surface area contributed by atoms with Crippen LogP contribution in [-0.4, -0.2) is 13.0 Å². The molecule has 0 bridgehead atoms. The molecule has 0 amide bonds. The molecule has 0 aromatic heterocycles. The second-order valence-electron chi connectivity index (χ2n) is 3.60. The number of hydrogen-bond acceptors (Lipinski definition) is 2. The Morgan fingerprint density at radius 3 is 2.33 bits per heavy atom. The van der Waals surface area contributed by atoms with E-state index in [2.05, 4.69) is 6.92 Å². The summed E-state index contributed by atoms with van der Waals surface area (Å²) in [6.07, 6.45) is 2.96. The Hall–Kier alpha value is -0.870. The standard InChI is InChI=1S/C11H16O3S/c1-2-3-6-10-7-4-5-8-11(10)9-15(12,13)14/h4-5,7-8H,2-3,6,9H2,1H3,(H,12,13,14). The molecule has 0 saturated carbocycles. The van der Waals surface area contributed by atoms with E-state index < -0.39 is 10.1 Å². The van der Waals surface area contributed by atoms with E-state index in [9.17, 15) is 8.42 Å². The molecule has 1 aromatic rings. The zero-order valence-corrected chi connectivity index (χ0v) is 9.63. The first-order valence-corrected chi connectivity index (χ1v) is 6.66. The summed E-state index contributed by atoms with van der Waals surface area (Å²) in [6, 6.07) is 7.34. The van der Waals surface area contributed by atoms with Crippen molar-refractivity contribution < 1.29 is 13.0 Å². The zero-order chi connectivity index (χ0) is 11.3. The van der Waals surface area contributed by atoms with E-state index >= 15 is 0 Å². The summed E-state index contributed by atoms with van der Waals surface area (Å²) in [5, 5.41) is 0. The Bertz CT molecular complexity index is 410. The van der Waals surface area contributed by atoms with Gasteiger partial charge in [-0.3, -0.25) is 4.55 Å². The molecule has 1 N–H and O–H groups in total. The minimum atomic E-state index is -3.92. The molecule has 0 aliphatic rings. The SMILES string of the molecule is CCCCc1ccccc1CS(=O)(=O)O. The number of benzene rings is 1. The van der Waals surface area contributed by atoms with Crippen LogP contribution in [0.2, 0.25) is 0 Å². The van der Waals surface area contributed by atoms with Crippen LogP contribution in [0.25, 0.3) is 0 Å². The lowest BCUT2D eigenvalue weighted by Gasteiger charge is -2.06. The molecule has 84 valence electrons. The van der Waals surface area contributed by atoms with Gasteiger partial charge in [-0.25, -0.2) is 0 Å². The third-order valence-corrected chi connectivity index (χ3v) is 2.93. The molecule has 0 fully saturated rings. The molecular weight excluding hydrogens is 212 g/mol. The van der Waals surface area contributed by atoms with Crippen molar-refractivity contribution in [2.45, 2.75) is 31.9 Å². The maximum absolute atomic E-state index is 10.8. The molecule has 4 heteroatoms. The third kappa shape index (κ3) is 4.44. The second-order valence-corrected chi connectivity index (χ2v) is 5.05. The fourth-order valence-corrected chi connectivity index (χ4v) is 2.18. The van der Waals surface area contributed by atoms with E-state index in [-0.39, 0.29) is 5.75 Å². The first-order valence-electron chi connectivity index (χ1n) is 5.05. The highest BCUT2D eigenvalue weighted by Crippen LogP contribution is 2.14. The third-order valence-electron chi connectivity index (χ3n) is 2.26. The van der Waals surface area contributed by atoms with Crippen molar-refractivity contribution >= 4 is 10.1 Å². The van der Waals surface area contributed by atoms with E-state index in [1.54, 1.807) is 12.1 Å². The highest BCUT2D eigenvalue weighted by Gasteiger charge is 2.09. The summed E-state index contributed by atoms with van der Waals surface area (Å²) in [4.78, 5) is 0. The van der Waals surface area contributed by atoms with Gasteiger partial charge in [0.1, 0.15) is 5.75 Å². The summed E-state index contributed by atoms with van der Waals surface area (Å²) in [5.41, 5.74) is 1.71. The molecule has 0 aliphatic carbocycles. The van der Waals surface area contributed by atoms with Gasteiger partial charge in [-0.15, -0.1) is 0 Å². The van der Waals surface area contributed by atoms with Gasteiger partial charge in [0.25, 0.3) is 10.1 Å². The van der Waals surface area contributed by atoms with Crippen LogP contribution in [0.15, 0.2) is 24.3 Å². The number of aryl methyl sites for hydroxylation is 1. The average Bonchev–Trinajstić information content (AvgIpc) is 2.14. The van der Waals surface area contributed by atoms with Crippen molar-refractivity contribution in [1.82, 2.24) is 0 Å². The Labute approximate surface area is 90.9 Å². The van der Waals surface area contributed by atoms with Crippen molar-refractivity contribution in [3.05, 3.63) is 35.4 Å². The van der Waals surface area contributed by atoms with Crippen LogP contribution in [0.3, 0.4) is 0 Å². The maximum Gasteiger partial charge on any atom is 0.269 e. The molecule has 3 nitrogen and oxygen atoms in total. The fraction of sp³-hybridized carbons (Fsp3) is 0.455. The first kappa shape index (κ1) is 12.2. The molecule has 0 spiro atoms. The summed E-state index contributed by atoms with van der Waals surface area (Å²) >= 11 is 0. The topological polar surface area (TPSA) is 54.4 Å². The second kappa shape index (κ2) is 5.28. The van der Waals surface area contributed by atoms with Gasteiger partial charge in [-0.1, -0.05) is 37.6 Å². The predicted molar refractivity (Wildman–Crippen MR) is 60.3 cm³/mol. The van der Waals surface area contributed by atoms with Gasteiger partial charge < -0.3 is 0 Å². The molecule has 0 atom stereocenters. The summed E-state index contributed by atoms with van der Waals surface area (Å²) in [7, 11) is -3.92. The quantitative estimate of drug-likeness (QED) is 0.787. The van der Waals surface area contributed by atoms with Crippen molar-refractivity contribution in [3.63, 3.8) is 0 Å². The zero-order valence-electron chi connectivity index (χ0n) is 8.81. The number of unbranched alkanes of at least 4 members (excludes halogenated alkanes) is 1. The van der Waals surface area contributed by atoms with Gasteiger partial charge in [0.15, 0.2) is 0 Å². The number of rotatable bonds is 5. The molecule has 0 saturated heterocycles. The molecule has 0 aliphatic heterocycles. The van der Waals surface area contributed by atoms with E-state index in [0.29, 0.717) is 5.56 Å². The van der Waals surface area contributed by atoms with E-state index in [0.717, 1.165) is 24.8 Å². The van der Waals surface area contributed by atoms with E-state index in [4.69, 9.17) is 4.55 Å². The Morgan fingerprint density at radius 1 is 1.20 bits per heavy atom. The molecule has 0 heterocycles. The van der Waals surface area contributed by atoms with Crippen LogP contribution in [0.4, 0.5) is 0 Å². The highest BCUT2D eigenvalue weighted by molar-refractivity contribution is 7.85. The van der Waals surface area contributed by atoms with Crippen LogP contribution in [0.1, 0.15) is 30.9 Å². The van der Waals surface area contributed by atoms with Gasteiger partial charge in [-0.2, -0.15) is 8.42 Å². The summed E-state index contributed by atoms with van der Waals surface area (Å²) in [5.74, 6) is -0.285. The van der Waals surface area contributed by atoms with Gasteiger partial charge in [0.2, 0.25) is 0 Å². The molecule has 1 aromatic carbocycles. The van der Waals surface area contributed by atoms with Crippen LogP contribution in [0, 0.1) is 0 Å².